The summed E-state index contributed by atoms with van der Waals surface area (Å²) in [5, 5.41) is 2.60. The third-order valence-corrected chi connectivity index (χ3v) is 5.49. The van der Waals surface area contributed by atoms with Crippen molar-refractivity contribution >= 4 is 21.6 Å². The van der Waals surface area contributed by atoms with Gasteiger partial charge in [-0.15, -0.1) is 6.58 Å². The van der Waals surface area contributed by atoms with Gasteiger partial charge in [0.05, 0.1) is 17.7 Å². The Labute approximate surface area is 154 Å². The van der Waals surface area contributed by atoms with E-state index < -0.39 is 15.9 Å². The SMILES string of the molecule is C=CCNC(=O)CN(c1ccc(C)cc1)S(=O)(=O)c1ccc(OC)cc1. The first-order chi connectivity index (χ1) is 12.4. The van der Waals surface area contributed by atoms with Crippen LogP contribution in [0.4, 0.5) is 5.69 Å². The first-order valence-corrected chi connectivity index (χ1v) is 9.43. The van der Waals surface area contributed by atoms with Gasteiger partial charge in [-0.2, -0.15) is 0 Å². The number of amides is 1. The molecule has 0 unspecified atom stereocenters. The molecule has 26 heavy (non-hydrogen) atoms. The van der Waals surface area contributed by atoms with E-state index in [4.69, 9.17) is 4.74 Å². The molecule has 0 atom stereocenters. The summed E-state index contributed by atoms with van der Waals surface area (Å²) in [5.74, 6) is 0.136. The number of nitrogens with one attached hydrogen (secondary N) is 1. The summed E-state index contributed by atoms with van der Waals surface area (Å²) >= 11 is 0. The molecular weight excluding hydrogens is 352 g/mol. The molecule has 2 rings (SSSR count). The largest absolute Gasteiger partial charge is 0.497 e. The van der Waals surface area contributed by atoms with Crippen LogP contribution in [0.1, 0.15) is 5.56 Å². The number of methoxy groups -OCH3 is 1. The molecule has 2 aromatic carbocycles. The van der Waals surface area contributed by atoms with Crippen LogP contribution >= 0.6 is 0 Å². The second-order valence-electron chi connectivity index (χ2n) is 5.62. The van der Waals surface area contributed by atoms with Gasteiger partial charge in [0.25, 0.3) is 10.0 Å². The minimum Gasteiger partial charge on any atom is -0.497 e. The Morgan fingerprint density at radius 2 is 1.77 bits per heavy atom. The van der Waals surface area contributed by atoms with Crippen LogP contribution in [0.25, 0.3) is 0 Å². The molecule has 138 valence electrons. The molecule has 0 saturated carbocycles. The Hall–Kier alpha value is -2.80. The number of nitrogens with zero attached hydrogens (tertiary/aromatic N) is 1. The normalized spacial score (nSPS) is 10.8. The molecule has 1 N–H and O–H groups in total. The molecule has 0 aromatic heterocycles. The summed E-state index contributed by atoms with van der Waals surface area (Å²) in [6.07, 6.45) is 1.53. The first kappa shape index (κ1) is 19.5. The van der Waals surface area contributed by atoms with Crippen molar-refractivity contribution in [3.63, 3.8) is 0 Å². The van der Waals surface area contributed by atoms with Crippen LogP contribution in [0, 0.1) is 6.92 Å². The van der Waals surface area contributed by atoms with Crippen LogP contribution in [0.15, 0.2) is 66.1 Å². The number of ether oxygens (including phenoxy) is 1. The van der Waals surface area contributed by atoms with E-state index in [1.165, 1.54) is 25.3 Å². The molecular formula is C19H22N2O4S. The summed E-state index contributed by atoms with van der Waals surface area (Å²) in [4.78, 5) is 12.2. The van der Waals surface area contributed by atoms with E-state index in [1.807, 2.05) is 6.92 Å². The number of rotatable bonds is 8. The summed E-state index contributed by atoms with van der Waals surface area (Å²) in [5.41, 5.74) is 1.41. The van der Waals surface area contributed by atoms with E-state index in [1.54, 1.807) is 36.4 Å². The van der Waals surface area contributed by atoms with Crippen molar-refractivity contribution < 1.29 is 17.9 Å². The lowest BCUT2D eigenvalue weighted by atomic mass is 10.2. The smallest absolute Gasteiger partial charge is 0.264 e. The predicted octanol–water partition coefficient (Wildman–Crippen LogP) is 2.50. The number of anilines is 1. The zero-order valence-electron chi connectivity index (χ0n) is 14.8. The van der Waals surface area contributed by atoms with Gasteiger partial charge in [-0.3, -0.25) is 9.10 Å². The van der Waals surface area contributed by atoms with Crippen molar-refractivity contribution in [2.45, 2.75) is 11.8 Å². The molecule has 0 fully saturated rings. The zero-order valence-corrected chi connectivity index (χ0v) is 15.6. The molecule has 0 aliphatic heterocycles. The molecule has 0 aliphatic carbocycles. The lowest BCUT2D eigenvalue weighted by Gasteiger charge is -2.24. The van der Waals surface area contributed by atoms with E-state index in [2.05, 4.69) is 11.9 Å². The van der Waals surface area contributed by atoms with Gasteiger partial charge in [-0.05, 0) is 43.3 Å². The van der Waals surface area contributed by atoms with E-state index >= 15 is 0 Å². The Balaban J connectivity index is 2.41. The van der Waals surface area contributed by atoms with Gasteiger partial charge >= 0.3 is 0 Å². The fraction of sp³-hybridized carbons (Fsp3) is 0.211. The maximum Gasteiger partial charge on any atom is 0.264 e. The average Bonchev–Trinajstić information content (AvgIpc) is 2.65. The first-order valence-electron chi connectivity index (χ1n) is 7.99. The molecule has 0 heterocycles. The van der Waals surface area contributed by atoms with Crippen molar-refractivity contribution in [3.8, 4) is 5.75 Å². The fourth-order valence-electron chi connectivity index (χ4n) is 2.27. The predicted molar refractivity (Wildman–Crippen MR) is 102 cm³/mol. The average molecular weight is 374 g/mol. The van der Waals surface area contributed by atoms with Gasteiger partial charge < -0.3 is 10.1 Å². The topological polar surface area (TPSA) is 75.7 Å². The van der Waals surface area contributed by atoms with Gasteiger partial charge in [0, 0.05) is 6.54 Å². The fourth-order valence-corrected chi connectivity index (χ4v) is 3.69. The number of hydrogen-bond acceptors (Lipinski definition) is 4. The van der Waals surface area contributed by atoms with Crippen molar-refractivity contribution in [2.75, 3.05) is 24.5 Å². The number of benzene rings is 2. The number of carbonyl (C=O) groups excluding carboxylic acids is 1. The van der Waals surface area contributed by atoms with E-state index in [-0.39, 0.29) is 18.0 Å². The Kier molecular flexibility index (Phi) is 6.41. The Morgan fingerprint density at radius 1 is 1.15 bits per heavy atom. The van der Waals surface area contributed by atoms with Crippen molar-refractivity contribution in [1.29, 1.82) is 0 Å². The Bertz CT molecular complexity index is 859. The lowest BCUT2D eigenvalue weighted by Crippen LogP contribution is -2.40. The van der Waals surface area contributed by atoms with Crippen LogP contribution in [-0.2, 0) is 14.8 Å². The molecule has 1 amide bonds. The quantitative estimate of drug-likeness (QED) is 0.721. The second kappa shape index (κ2) is 8.53. The second-order valence-corrected chi connectivity index (χ2v) is 7.48. The maximum absolute atomic E-state index is 13.1. The van der Waals surface area contributed by atoms with Gasteiger partial charge in [0.2, 0.25) is 5.91 Å². The third kappa shape index (κ3) is 4.64. The highest BCUT2D eigenvalue weighted by Gasteiger charge is 2.27. The molecule has 6 nitrogen and oxygen atoms in total. The molecule has 0 bridgehead atoms. The molecule has 2 aromatic rings. The number of sulfonamides is 1. The van der Waals surface area contributed by atoms with Crippen LogP contribution in [0.2, 0.25) is 0 Å². The number of hydrogen-bond donors (Lipinski definition) is 1. The highest BCUT2D eigenvalue weighted by Crippen LogP contribution is 2.25. The highest BCUT2D eigenvalue weighted by atomic mass is 32.2. The van der Waals surface area contributed by atoms with Crippen LogP contribution < -0.4 is 14.4 Å². The zero-order chi connectivity index (χ0) is 19.2. The summed E-state index contributed by atoms with van der Waals surface area (Å²) in [6, 6.07) is 13.0. The van der Waals surface area contributed by atoms with Crippen molar-refractivity contribution in [1.82, 2.24) is 5.32 Å². The summed E-state index contributed by atoms with van der Waals surface area (Å²) in [6.45, 7) is 5.38. The van der Waals surface area contributed by atoms with Gasteiger partial charge in [-0.1, -0.05) is 23.8 Å². The van der Waals surface area contributed by atoms with Crippen LogP contribution in [0.3, 0.4) is 0 Å². The van der Waals surface area contributed by atoms with Gasteiger partial charge in [-0.25, -0.2) is 8.42 Å². The summed E-state index contributed by atoms with van der Waals surface area (Å²) < 4.78 is 32.4. The standard InChI is InChI=1S/C19H22N2O4S/c1-4-13-20-19(22)14-21(16-7-5-15(2)6-8-16)26(23,24)18-11-9-17(25-3)10-12-18/h4-12H,1,13-14H2,2-3H3,(H,20,22). The molecule has 0 saturated heterocycles. The van der Waals surface area contributed by atoms with Crippen molar-refractivity contribution in [2.24, 2.45) is 0 Å². The Morgan fingerprint density at radius 3 is 2.31 bits per heavy atom. The van der Waals surface area contributed by atoms with E-state index in [9.17, 15) is 13.2 Å². The monoisotopic (exact) mass is 374 g/mol. The lowest BCUT2D eigenvalue weighted by molar-refractivity contribution is -0.119. The molecule has 7 heteroatoms. The summed E-state index contributed by atoms with van der Waals surface area (Å²) in [7, 11) is -2.41. The van der Waals surface area contributed by atoms with Gasteiger partial charge in [0.15, 0.2) is 0 Å². The minimum absolute atomic E-state index is 0.0791. The number of carbonyl (C=O) groups is 1. The number of aryl methyl sites for hydroxylation is 1. The highest BCUT2D eigenvalue weighted by molar-refractivity contribution is 7.92. The van der Waals surface area contributed by atoms with Gasteiger partial charge in [0.1, 0.15) is 12.3 Å². The minimum atomic E-state index is -3.92. The third-order valence-electron chi connectivity index (χ3n) is 3.70. The van der Waals surface area contributed by atoms with Crippen molar-refractivity contribution in [3.05, 3.63) is 66.7 Å². The van der Waals surface area contributed by atoms with E-state index in [0.717, 1.165) is 9.87 Å². The van der Waals surface area contributed by atoms with E-state index in [0.29, 0.717) is 11.4 Å². The molecule has 0 radical (unpaired) electrons. The van der Waals surface area contributed by atoms with Crippen LogP contribution in [-0.4, -0.2) is 34.5 Å². The van der Waals surface area contributed by atoms with Crippen LogP contribution in [0.5, 0.6) is 5.75 Å². The molecule has 0 spiro atoms. The maximum atomic E-state index is 13.1. The molecule has 0 aliphatic rings.